The molecule has 5 nitrogen and oxygen atoms in total. The molecule has 0 fully saturated rings. The molecule has 172 valence electrons. The molecule has 0 saturated carbocycles. The van der Waals surface area contributed by atoms with Crippen LogP contribution in [0.4, 0.5) is 0 Å². The van der Waals surface area contributed by atoms with Gasteiger partial charge in [-0.3, -0.25) is 10.7 Å². The van der Waals surface area contributed by atoms with Crippen LogP contribution >= 0.6 is 45.2 Å². The molecule has 0 saturated heterocycles. The molecule has 0 aliphatic heterocycles. The topological polar surface area (TPSA) is 94.9 Å². The first-order valence-electron chi connectivity index (χ1n) is 11.4. The van der Waals surface area contributed by atoms with E-state index in [2.05, 4.69) is 64.8 Å². The minimum atomic E-state index is -0.322. The molecular formula is C22H44I2N4O. The van der Waals surface area contributed by atoms with Gasteiger partial charge in [0, 0.05) is 0 Å². The Labute approximate surface area is 207 Å². The van der Waals surface area contributed by atoms with Crippen LogP contribution in [0.3, 0.4) is 0 Å². The van der Waals surface area contributed by atoms with Crippen molar-refractivity contribution in [1.82, 2.24) is 5.32 Å². The molecule has 0 amide bonds. The molecular weight excluding hydrogens is 590 g/mol. The van der Waals surface area contributed by atoms with Crippen molar-refractivity contribution >= 4 is 51.1 Å². The normalized spacial score (nSPS) is 12.4. The van der Waals surface area contributed by atoms with E-state index in [1.54, 1.807) is 0 Å². The van der Waals surface area contributed by atoms with Gasteiger partial charge in [-0.15, -0.1) is 0 Å². The second kappa shape index (κ2) is 26.2. The number of rotatable bonds is 18. The zero-order valence-electron chi connectivity index (χ0n) is 18.7. The van der Waals surface area contributed by atoms with Gasteiger partial charge in [-0.25, -0.2) is 0 Å². The fourth-order valence-corrected chi connectivity index (χ4v) is 5.03. The number of alkyl halides is 2. The Morgan fingerprint density at radius 3 is 1.45 bits per heavy atom. The van der Waals surface area contributed by atoms with E-state index in [1.807, 2.05) is 5.32 Å². The molecule has 0 aliphatic rings. The first kappa shape index (κ1) is 31.4. The van der Waals surface area contributed by atoms with E-state index in [1.165, 1.54) is 109 Å². The fraction of sp³-hybridized carbons (Fsp3) is 0.909. The molecule has 4 N–H and O–H groups in total. The molecule has 0 bridgehead atoms. The summed E-state index contributed by atoms with van der Waals surface area (Å²) >= 11 is 4.98. The van der Waals surface area contributed by atoms with Crippen LogP contribution in [0.5, 0.6) is 0 Å². The van der Waals surface area contributed by atoms with Gasteiger partial charge >= 0.3 is 0 Å². The maximum atomic E-state index is 7.65. The third-order valence-electron chi connectivity index (χ3n) is 4.56. The van der Waals surface area contributed by atoms with Crippen molar-refractivity contribution in [2.75, 3.05) is 0 Å². The van der Waals surface area contributed by atoms with Gasteiger partial charge in [0.2, 0.25) is 0 Å². The van der Waals surface area contributed by atoms with E-state index in [-0.39, 0.29) is 5.96 Å². The third kappa shape index (κ3) is 30.5. The van der Waals surface area contributed by atoms with Crippen LogP contribution in [0, 0.1) is 16.9 Å². The standard InChI is InChI=1S/C20H40I2O.C2H4N4/c1-3-5-7-9-11-13-15-17-19(21)23-20(22)18-16-14-12-10-8-6-4-2;3-1-6-2(4)5/h19-20H,3-18H2,1-2H3;(H4,4,5,6). The number of nitrogens with zero attached hydrogens (tertiary/aromatic N) is 1. The van der Waals surface area contributed by atoms with Gasteiger partial charge in [0.25, 0.3) is 0 Å². The molecule has 0 spiro atoms. The molecule has 2 unspecified atom stereocenters. The van der Waals surface area contributed by atoms with Crippen molar-refractivity contribution in [3.63, 3.8) is 0 Å². The Hall–Kier alpha value is 0.180. The summed E-state index contributed by atoms with van der Waals surface area (Å²) in [5.41, 5.74) is 4.65. The van der Waals surface area contributed by atoms with Crippen molar-refractivity contribution in [2.24, 2.45) is 5.73 Å². The predicted molar refractivity (Wildman–Crippen MR) is 143 cm³/mol. The van der Waals surface area contributed by atoms with E-state index in [0.29, 0.717) is 8.22 Å². The summed E-state index contributed by atoms with van der Waals surface area (Å²) in [6.45, 7) is 4.57. The second-order valence-electron chi connectivity index (χ2n) is 7.43. The largest absolute Gasteiger partial charge is 0.369 e. The summed E-state index contributed by atoms with van der Waals surface area (Å²) < 4.78 is 6.94. The quantitative estimate of drug-likeness (QED) is 0.0273. The van der Waals surface area contributed by atoms with Crippen molar-refractivity contribution < 1.29 is 4.74 Å². The maximum Gasteiger partial charge on any atom is 0.199 e. The van der Waals surface area contributed by atoms with Crippen molar-refractivity contribution in [3.8, 4) is 6.19 Å². The SMILES string of the molecule is CCCCCCCCCC(I)OC(I)CCCCCCCCC.N#CNC(=N)N. The Bertz CT molecular complexity index is 369. The first-order valence-corrected chi connectivity index (χ1v) is 13.9. The fourth-order valence-electron chi connectivity index (χ4n) is 2.88. The average Bonchev–Trinajstić information content (AvgIpc) is 2.67. The smallest absolute Gasteiger partial charge is 0.199 e. The van der Waals surface area contributed by atoms with Gasteiger partial charge in [-0.1, -0.05) is 149 Å². The number of nitrogens with two attached hydrogens (primary N) is 1. The number of hydrogen-bond acceptors (Lipinski definition) is 3. The van der Waals surface area contributed by atoms with Gasteiger partial charge in [-0.05, 0) is 12.8 Å². The van der Waals surface area contributed by atoms with Gasteiger partial charge in [-0.2, -0.15) is 5.26 Å². The van der Waals surface area contributed by atoms with Crippen LogP contribution in [0.2, 0.25) is 0 Å². The van der Waals surface area contributed by atoms with Gasteiger partial charge in [0.1, 0.15) is 8.22 Å². The lowest BCUT2D eigenvalue weighted by atomic mass is 10.1. The van der Waals surface area contributed by atoms with Crippen LogP contribution in [-0.4, -0.2) is 14.2 Å². The van der Waals surface area contributed by atoms with E-state index in [9.17, 15) is 0 Å². The third-order valence-corrected chi connectivity index (χ3v) is 6.39. The summed E-state index contributed by atoms with van der Waals surface area (Å²) in [4.78, 5) is 0. The summed E-state index contributed by atoms with van der Waals surface area (Å²) in [5.74, 6) is -0.322. The van der Waals surface area contributed by atoms with Crippen molar-refractivity contribution in [1.29, 1.82) is 10.7 Å². The number of nitrogens with one attached hydrogen (secondary N) is 2. The van der Waals surface area contributed by atoms with Crippen molar-refractivity contribution in [3.05, 3.63) is 0 Å². The summed E-state index contributed by atoms with van der Waals surface area (Å²) in [7, 11) is 0. The monoisotopic (exact) mass is 634 g/mol. The molecule has 0 aromatic heterocycles. The highest BCUT2D eigenvalue weighted by atomic mass is 127. The van der Waals surface area contributed by atoms with Crippen molar-refractivity contribution in [2.45, 2.75) is 125 Å². The Morgan fingerprint density at radius 1 is 0.828 bits per heavy atom. The van der Waals surface area contributed by atoms with E-state index >= 15 is 0 Å². The van der Waals surface area contributed by atoms with Crippen LogP contribution in [0.25, 0.3) is 0 Å². The molecule has 7 heteroatoms. The Balaban J connectivity index is 0. The molecule has 29 heavy (non-hydrogen) atoms. The number of hydrogen-bond donors (Lipinski definition) is 3. The van der Waals surface area contributed by atoms with Crippen LogP contribution in [0.1, 0.15) is 117 Å². The molecule has 0 aromatic carbocycles. The Kier molecular flexibility index (Phi) is 28.4. The van der Waals surface area contributed by atoms with E-state index < -0.39 is 0 Å². The van der Waals surface area contributed by atoms with E-state index in [4.69, 9.17) is 15.4 Å². The first-order chi connectivity index (χ1) is 14.0. The lowest BCUT2D eigenvalue weighted by Crippen LogP contribution is -2.25. The Morgan fingerprint density at radius 2 is 1.17 bits per heavy atom. The summed E-state index contributed by atoms with van der Waals surface area (Å²) in [5, 5.41) is 15.9. The number of ether oxygens (including phenoxy) is 1. The average molecular weight is 634 g/mol. The van der Waals surface area contributed by atoms with Crippen LogP contribution in [0.15, 0.2) is 0 Å². The second-order valence-corrected chi connectivity index (χ2v) is 10.2. The molecule has 0 aromatic rings. The minimum absolute atomic E-state index is 0.322. The predicted octanol–water partition coefficient (Wildman–Crippen LogP) is 7.76. The lowest BCUT2D eigenvalue weighted by Gasteiger charge is -2.16. The number of halogens is 2. The van der Waals surface area contributed by atoms with Gasteiger partial charge in [0.15, 0.2) is 12.2 Å². The zero-order valence-corrected chi connectivity index (χ0v) is 23.0. The van der Waals surface area contributed by atoms with E-state index in [0.717, 1.165) is 0 Å². The molecule has 0 heterocycles. The van der Waals surface area contributed by atoms with Crippen LogP contribution in [-0.2, 0) is 4.74 Å². The number of nitriles is 1. The highest BCUT2D eigenvalue weighted by Crippen LogP contribution is 2.22. The molecule has 0 rings (SSSR count). The summed E-state index contributed by atoms with van der Waals surface area (Å²) in [6.07, 6.45) is 23.4. The molecule has 2 atom stereocenters. The zero-order chi connectivity index (χ0) is 22.2. The molecule has 0 radical (unpaired) electrons. The minimum Gasteiger partial charge on any atom is -0.369 e. The van der Waals surface area contributed by atoms with Gasteiger partial charge < -0.3 is 10.5 Å². The van der Waals surface area contributed by atoms with Gasteiger partial charge in [0.05, 0.1) is 0 Å². The lowest BCUT2D eigenvalue weighted by molar-refractivity contribution is 0.0988. The highest BCUT2D eigenvalue weighted by Gasteiger charge is 2.10. The number of unbranched alkanes of at least 4 members (excludes halogenated alkanes) is 12. The summed E-state index contributed by atoms with van der Waals surface area (Å²) in [6, 6.07) is 0. The number of guanidine groups is 1. The maximum absolute atomic E-state index is 7.65. The molecule has 0 aliphatic carbocycles. The highest BCUT2D eigenvalue weighted by molar-refractivity contribution is 14.1. The van der Waals surface area contributed by atoms with Crippen LogP contribution < -0.4 is 11.1 Å².